The van der Waals surface area contributed by atoms with E-state index in [2.05, 4.69) is 10.3 Å². The van der Waals surface area contributed by atoms with Crippen molar-refractivity contribution in [3.8, 4) is 11.5 Å². The van der Waals surface area contributed by atoms with Crippen molar-refractivity contribution in [2.45, 2.75) is 19.9 Å². The summed E-state index contributed by atoms with van der Waals surface area (Å²) in [6, 6.07) is 5.59. The fraction of sp³-hybridized carbons (Fsp3) is 0.294. The molecule has 0 fully saturated rings. The van der Waals surface area contributed by atoms with Gasteiger partial charge in [0.25, 0.3) is 5.91 Å². The number of hydrogen-bond acceptors (Lipinski definition) is 4. The fourth-order valence-electron chi connectivity index (χ4n) is 2.28. The summed E-state index contributed by atoms with van der Waals surface area (Å²) >= 11 is 0. The second kappa shape index (κ2) is 7.09. The Morgan fingerprint density at radius 3 is 2.52 bits per heavy atom. The minimum Gasteiger partial charge on any atom is -0.493 e. The molecule has 1 heterocycles. The monoisotopic (exact) mass is 318 g/mol. The van der Waals surface area contributed by atoms with Crippen molar-refractivity contribution in [3.05, 3.63) is 53.1 Å². The molecule has 0 aliphatic rings. The number of aryl methyl sites for hydroxylation is 1. The van der Waals surface area contributed by atoms with Gasteiger partial charge in [-0.2, -0.15) is 0 Å². The number of ether oxygens (including phenoxy) is 2. The normalized spacial score (nSPS) is 11.7. The number of methoxy groups -OCH3 is 2. The molecule has 0 aliphatic heterocycles. The van der Waals surface area contributed by atoms with Crippen molar-refractivity contribution in [1.29, 1.82) is 0 Å². The summed E-state index contributed by atoms with van der Waals surface area (Å²) in [6.45, 7) is 3.45. The number of pyridine rings is 1. The largest absolute Gasteiger partial charge is 0.493 e. The molecule has 1 atom stereocenters. The summed E-state index contributed by atoms with van der Waals surface area (Å²) in [4.78, 5) is 16.4. The average molecular weight is 318 g/mol. The molecule has 23 heavy (non-hydrogen) atoms. The van der Waals surface area contributed by atoms with Crippen LogP contribution in [0.5, 0.6) is 11.5 Å². The number of nitrogens with zero attached hydrogens (tertiary/aromatic N) is 1. The van der Waals surface area contributed by atoms with Crippen LogP contribution >= 0.6 is 0 Å². The van der Waals surface area contributed by atoms with Crippen molar-refractivity contribution in [1.82, 2.24) is 10.3 Å². The highest BCUT2D eigenvalue weighted by Crippen LogP contribution is 2.32. The van der Waals surface area contributed by atoms with Crippen molar-refractivity contribution >= 4 is 5.91 Å². The van der Waals surface area contributed by atoms with Gasteiger partial charge in [-0.15, -0.1) is 0 Å². The molecule has 5 nitrogen and oxygen atoms in total. The Labute approximate surface area is 134 Å². The van der Waals surface area contributed by atoms with Crippen LogP contribution < -0.4 is 14.8 Å². The molecule has 0 saturated carbocycles. The van der Waals surface area contributed by atoms with Gasteiger partial charge in [0.05, 0.1) is 25.8 Å². The van der Waals surface area contributed by atoms with E-state index in [-0.39, 0.29) is 5.91 Å². The van der Waals surface area contributed by atoms with E-state index in [1.165, 1.54) is 26.4 Å². The molecule has 1 N–H and O–H groups in total. The van der Waals surface area contributed by atoms with E-state index in [1.807, 2.05) is 0 Å². The molecule has 0 bridgehead atoms. The van der Waals surface area contributed by atoms with Crippen LogP contribution in [-0.4, -0.2) is 25.1 Å². The van der Waals surface area contributed by atoms with E-state index in [9.17, 15) is 9.18 Å². The van der Waals surface area contributed by atoms with Crippen LogP contribution in [0.25, 0.3) is 0 Å². The topological polar surface area (TPSA) is 60.5 Å². The van der Waals surface area contributed by atoms with E-state index < -0.39 is 11.9 Å². The number of halogens is 1. The van der Waals surface area contributed by atoms with E-state index in [1.54, 1.807) is 32.2 Å². The van der Waals surface area contributed by atoms with Gasteiger partial charge in [-0.25, -0.2) is 4.39 Å². The molecule has 6 heteroatoms. The number of carbonyl (C=O) groups excluding carboxylic acids is 1. The molecule has 2 aromatic rings. The molecule has 122 valence electrons. The molecule has 1 amide bonds. The molecule has 2 rings (SSSR count). The van der Waals surface area contributed by atoms with Crippen LogP contribution in [0.4, 0.5) is 4.39 Å². The third kappa shape index (κ3) is 3.59. The zero-order valence-corrected chi connectivity index (χ0v) is 13.5. The fourth-order valence-corrected chi connectivity index (χ4v) is 2.28. The first-order chi connectivity index (χ1) is 11.0. The molecule has 0 radical (unpaired) electrons. The molecule has 0 aliphatic carbocycles. The highest BCUT2D eigenvalue weighted by atomic mass is 19.1. The summed E-state index contributed by atoms with van der Waals surface area (Å²) in [7, 11) is 2.91. The van der Waals surface area contributed by atoms with Crippen LogP contribution in [-0.2, 0) is 0 Å². The van der Waals surface area contributed by atoms with E-state index in [0.717, 1.165) is 0 Å². The maximum absolute atomic E-state index is 14.2. The lowest BCUT2D eigenvalue weighted by atomic mass is 10.1. The van der Waals surface area contributed by atoms with Crippen molar-refractivity contribution in [3.63, 3.8) is 0 Å². The van der Waals surface area contributed by atoms with Crippen LogP contribution in [0.15, 0.2) is 30.5 Å². The quantitative estimate of drug-likeness (QED) is 0.920. The Morgan fingerprint density at radius 1 is 1.26 bits per heavy atom. The lowest BCUT2D eigenvalue weighted by Crippen LogP contribution is -2.28. The number of rotatable bonds is 5. The van der Waals surface area contributed by atoms with E-state index in [0.29, 0.717) is 28.3 Å². The maximum atomic E-state index is 14.2. The van der Waals surface area contributed by atoms with Gasteiger partial charge in [0.1, 0.15) is 5.82 Å². The number of benzene rings is 1. The lowest BCUT2D eigenvalue weighted by molar-refractivity contribution is 0.0938. The van der Waals surface area contributed by atoms with E-state index >= 15 is 0 Å². The van der Waals surface area contributed by atoms with Crippen molar-refractivity contribution < 1.29 is 18.7 Å². The molecule has 0 saturated heterocycles. The summed E-state index contributed by atoms with van der Waals surface area (Å²) in [5, 5.41) is 2.77. The van der Waals surface area contributed by atoms with Gasteiger partial charge >= 0.3 is 0 Å². The van der Waals surface area contributed by atoms with Gasteiger partial charge in [-0.1, -0.05) is 0 Å². The Balaban J connectivity index is 2.25. The SMILES string of the molecule is COc1cc(F)c([C@@H](C)NC(=O)c2cccnc2C)cc1OC. The van der Waals surface area contributed by atoms with Crippen LogP contribution in [0.1, 0.15) is 34.6 Å². The Morgan fingerprint density at radius 2 is 1.91 bits per heavy atom. The van der Waals surface area contributed by atoms with E-state index in [4.69, 9.17) is 9.47 Å². The van der Waals surface area contributed by atoms with Crippen molar-refractivity contribution in [2.24, 2.45) is 0 Å². The lowest BCUT2D eigenvalue weighted by Gasteiger charge is -2.18. The second-order valence-corrected chi connectivity index (χ2v) is 5.06. The molecule has 1 aromatic carbocycles. The minimum absolute atomic E-state index is 0.301. The number of aromatic nitrogens is 1. The highest BCUT2D eigenvalue weighted by Gasteiger charge is 2.19. The summed E-state index contributed by atoms with van der Waals surface area (Å²) in [5.74, 6) is -0.0754. The first-order valence-electron chi connectivity index (χ1n) is 7.11. The minimum atomic E-state index is -0.540. The average Bonchev–Trinajstić information content (AvgIpc) is 2.54. The first-order valence-corrected chi connectivity index (χ1v) is 7.11. The smallest absolute Gasteiger partial charge is 0.253 e. The van der Waals surface area contributed by atoms with Crippen LogP contribution in [0.3, 0.4) is 0 Å². The third-order valence-electron chi connectivity index (χ3n) is 3.57. The standard InChI is InChI=1S/C17H19FN2O3/c1-10-12(6-5-7-19-10)17(21)20-11(2)13-8-15(22-3)16(23-4)9-14(13)18/h5-9,11H,1-4H3,(H,20,21)/t11-/m1/s1. The summed E-state index contributed by atoms with van der Waals surface area (Å²) < 4.78 is 24.5. The van der Waals surface area contributed by atoms with Gasteiger partial charge in [-0.3, -0.25) is 9.78 Å². The van der Waals surface area contributed by atoms with Gasteiger partial charge in [0, 0.05) is 23.5 Å². The Hall–Kier alpha value is -2.63. The first kappa shape index (κ1) is 16.7. The van der Waals surface area contributed by atoms with Gasteiger partial charge in [0.15, 0.2) is 11.5 Å². The van der Waals surface area contributed by atoms with Crippen LogP contribution in [0, 0.1) is 12.7 Å². The van der Waals surface area contributed by atoms with Crippen LogP contribution in [0.2, 0.25) is 0 Å². The second-order valence-electron chi connectivity index (χ2n) is 5.06. The predicted molar refractivity (Wildman–Crippen MR) is 84.4 cm³/mol. The summed E-state index contributed by atoms with van der Waals surface area (Å²) in [5.41, 5.74) is 1.39. The van der Waals surface area contributed by atoms with Gasteiger partial charge in [0.2, 0.25) is 0 Å². The van der Waals surface area contributed by atoms with Gasteiger partial charge < -0.3 is 14.8 Å². The zero-order chi connectivity index (χ0) is 17.0. The predicted octanol–water partition coefficient (Wildman–Crippen LogP) is 3.04. The Bertz CT molecular complexity index is 719. The van der Waals surface area contributed by atoms with Crippen molar-refractivity contribution in [2.75, 3.05) is 14.2 Å². The zero-order valence-electron chi connectivity index (χ0n) is 13.5. The van der Waals surface area contributed by atoms with Gasteiger partial charge in [-0.05, 0) is 32.0 Å². The molecular weight excluding hydrogens is 299 g/mol. The third-order valence-corrected chi connectivity index (χ3v) is 3.57. The number of hydrogen-bond donors (Lipinski definition) is 1. The number of carbonyl (C=O) groups is 1. The highest BCUT2D eigenvalue weighted by molar-refractivity contribution is 5.95. The number of nitrogens with one attached hydrogen (secondary N) is 1. The molecule has 0 spiro atoms. The molecule has 1 aromatic heterocycles. The molecular formula is C17H19FN2O3. The number of amides is 1. The Kier molecular flexibility index (Phi) is 5.16. The summed E-state index contributed by atoms with van der Waals surface area (Å²) in [6.07, 6.45) is 1.61. The maximum Gasteiger partial charge on any atom is 0.253 e. The molecule has 0 unspecified atom stereocenters.